The number of benzene rings is 1. The van der Waals surface area contributed by atoms with Gasteiger partial charge in [-0.05, 0) is 20.8 Å². The Balaban J connectivity index is 1.49. The highest BCUT2D eigenvalue weighted by atomic mass is 16.8. The quantitative estimate of drug-likeness (QED) is 0.780. The number of urea groups is 1. The van der Waals surface area contributed by atoms with Crippen LogP contribution in [0.25, 0.3) is 0 Å². The van der Waals surface area contributed by atoms with Crippen molar-refractivity contribution in [3.05, 3.63) is 35.9 Å². The lowest BCUT2D eigenvalue weighted by molar-refractivity contribution is -0.114. The van der Waals surface area contributed by atoms with E-state index in [1.54, 1.807) is 4.90 Å². The normalized spacial score (nSPS) is 22.6. The maximum absolute atomic E-state index is 12.2. The second-order valence-electron chi connectivity index (χ2n) is 6.23. The van der Waals surface area contributed by atoms with E-state index in [0.29, 0.717) is 13.1 Å². The molecule has 0 N–H and O–H groups in total. The maximum atomic E-state index is 12.2. The Morgan fingerprint density at radius 1 is 1.25 bits per heavy atom. The second kappa shape index (κ2) is 4.75. The van der Waals surface area contributed by atoms with Gasteiger partial charge >= 0.3 is 6.03 Å². The number of amides is 2. The minimum atomic E-state index is -0.230. The predicted molar refractivity (Wildman–Crippen MR) is 73.7 cm³/mol. The number of ether oxygens (including phenoxy) is 1. The van der Waals surface area contributed by atoms with Gasteiger partial charge in [0.25, 0.3) is 0 Å². The fraction of sp³-hybridized carbons (Fsp3) is 0.533. The van der Waals surface area contributed by atoms with E-state index in [0.717, 1.165) is 5.56 Å². The van der Waals surface area contributed by atoms with Gasteiger partial charge in [-0.2, -0.15) is 5.06 Å². The van der Waals surface area contributed by atoms with Crippen LogP contribution < -0.4 is 0 Å². The topological polar surface area (TPSA) is 45.1 Å². The summed E-state index contributed by atoms with van der Waals surface area (Å²) in [5, 5.41) is 1.42. The van der Waals surface area contributed by atoms with E-state index in [-0.39, 0.29) is 24.0 Å². The molecule has 2 aliphatic heterocycles. The van der Waals surface area contributed by atoms with Crippen LogP contribution in [0.4, 0.5) is 4.79 Å². The zero-order valence-electron chi connectivity index (χ0n) is 12.1. The van der Waals surface area contributed by atoms with Gasteiger partial charge in [0.1, 0.15) is 0 Å². The highest BCUT2D eigenvalue weighted by Crippen LogP contribution is 2.38. The molecule has 5 nitrogen and oxygen atoms in total. The van der Waals surface area contributed by atoms with E-state index in [1.807, 2.05) is 51.1 Å². The van der Waals surface area contributed by atoms with E-state index in [1.165, 1.54) is 5.06 Å². The molecular formula is C15H20N2O3. The van der Waals surface area contributed by atoms with E-state index >= 15 is 0 Å². The molecule has 2 amide bonds. The fourth-order valence-electron chi connectivity index (χ4n) is 2.35. The molecule has 3 rings (SSSR count). The molecule has 108 valence electrons. The van der Waals surface area contributed by atoms with Crippen LogP contribution in [0.1, 0.15) is 32.6 Å². The van der Waals surface area contributed by atoms with E-state index < -0.39 is 0 Å². The Labute approximate surface area is 119 Å². The van der Waals surface area contributed by atoms with Gasteiger partial charge < -0.3 is 9.64 Å². The van der Waals surface area contributed by atoms with Gasteiger partial charge in [0.05, 0.1) is 24.8 Å². The highest BCUT2D eigenvalue weighted by molar-refractivity contribution is 5.76. The molecule has 0 bridgehead atoms. The molecule has 2 saturated heterocycles. The summed E-state index contributed by atoms with van der Waals surface area (Å²) in [6.45, 7) is 7.35. The van der Waals surface area contributed by atoms with Crippen molar-refractivity contribution in [3.8, 4) is 0 Å². The van der Waals surface area contributed by atoms with Crippen molar-refractivity contribution in [2.45, 2.75) is 38.7 Å². The summed E-state index contributed by atoms with van der Waals surface area (Å²) >= 11 is 0. The Hall–Kier alpha value is -1.59. The Bertz CT molecular complexity index is 492. The summed E-state index contributed by atoms with van der Waals surface area (Å²) < 4.78 is 5.81. The average molecular weight is 276 g/mol. The lowest BCUT2D eigenvalue weighted by Gasteiger charge is -2.41. The number of rotatable bonds is 2. The second-order valence-corrected chi connectivity index (χ2v) is 6.23. The van der Waals surface area contributed by atoms with Crippen LogP contribution in [0.3, 0.4) is 0 Å². The summed E-state index contributed by atoms with van der Waals surface area (Å²) in [5.74, 6) is 0. The van der Waals surface area contributed by atoms with Crippen molar-refractivity contribution >= 4 is 6.03 Å². The first kappa shape index (κ1) is 13.4. The van der Waals surface area contributed by atoms with Gasteiger partial charge in [-0.15, -0.1) is 0 Å². The highest BCUT2D eigenvalue weighted by Gasteiger charge is 2.47. The molecule has 0 saturated carbocycles. The summed E-state index contributed by atoms with van der Waals surface area (Å²) in [5.41, 5.74) is 0.840. The van der Waals surface area contributed by atoms with E-state index in [9.17, 15) is 4.79 Å². The van der Waals surface area contributed by atoms with Crippen LogP contribution in [0.5, 0.6) is 0 Å². The number of hydroxylamine groups is 2. The van der Waals surface area contributed by atoms with Crippen molar-refractivity contribution in [1.29, 1.82) is 0 Å². The van der Waals surface area contributed by atoms with Gasteiger partial charge in [-0.25, -0.2) is 9.63 Å². The van der Waals surface area contributed by atoms with Gasteiger partial charge in [0.2, 0.25) is 6.23 Å². The fourth-order valence-corrected chi connectivity index (χ4v) is 2.35. The Morgan fingerprint density at radius 2 is 1.90 bits per heavy atom. The monoisotopic (exact) mass is 276 g/mol. The van der Waals surface area contributed by atoms with Crippen LogP contribution in [0, 0.1) is 0 Å². The number of hydrogen-bond donors (Lipinski definition) is 0. The number of hydrogen-bond acceptors (Lipinski definition) is 3. The van der Waals surface area contributed by atoms with Crippen molar-refractivity contribution in [2.24, 2.45) is 0 Å². The zero-order chi connectivity index (χ0) is 14.3. The Kier molecular flexibility index (Phi) is 3.18. The lowest BCUT2D eigenvalue weighted by atomic mass is 10.1. The molecule has 1 atom stereocenters. The van der Waals surface area contributed by atoms with Crippen molar-refractivity contribution in [3.63, 3.8) is 0 Å². The molecule has 0 aromatic heterocycles. The predicted octanol–water partition coefficient (Wildman–Crippen LogP) is 2.55. The summed E-state index contributed by atoms with van der Waals surface area (Å²) in [4.78, 5) is 19.3. The van der Waals surface area contributed by atoms with Gasteiger partial charge in [0.15, 0.2) is 0 Å². The standard InChI is InChI=1S/C15H20N2O3/c1-15(2,3)19-12-9-16(10-12)14(18)17-13(20-17)11-7-5-4-6-8-11/h4-8,12-13H,9-10H2,1-3H3. The SMILES string of the molecule is CC(C)(C)OC1CN(C(=O)N2OC2c2ccccc2)C1. The summed E-state index contributed by atoms with van der Waals surface area (Å²) in [7, 11) is 0. The third kappa shape index (κ3) is 2.78. The molecule has 2 heterocycles. The molecule has 5 heteroatoms. The average Bonchev–Trinajstić information content (AvgIpc) is 3.13. The third-order valence-corrected chi connectivity index (χ3v) is 3.29. The van der Waals surface area contributed by atoms with Gasteiger partial charge in [-0.3, -0.25) is 0 Å². The number of carbonyl (C=O) groups excluding carboxylic acids is 1. The first-order valence-corrected chi connectivity index (χ1v) is 6.92. The van der Waals surface area contributed by atoms with E-state index in [2.05, 4.69) is 0 Å². The lowest BCUT2D eigenvalue weighted by Crippen LogP contribution is -2.57. The molecule has 2 aliphatic rings. The summed E-state index contributed by atoms with van der Waals surface area (Å²) in [6.07, 6.45) is -0.0969. The van der Waals surface area contributed by atoms with Gasteiger partial charge in [0, 0.05) is 5.56 Å². The molecular weight excluding hydrogens is 256 g/mol. The van der Waals surface area contributed by atoms with E-state index in [4.69, 9.17) is 9.57 Å². The van der Waals surface area contributed by atoms with Crippen molar-refractivity contribution in [1.82, 2.24) is 9.96 Å². The molecule has 1 aromatic carbocycles. The molecule has 0 spiro atoms. The van der Waals surface area contributed by atoms with Crippen LogP contribution in [0.15, 0.2) is 30.3 Å². The smallest absolute Gasteiger partial charge is 0.347 e. The largest absolute Gasteiger partial charge is 0.369 e. The summed E-state index contributed by atoms with van der Waals surface area (Å²) in [6, 6.07) is 9.67. The zero-order valence-corrected chi connectivity index (χ0v) is 12.1. The molecule has 1 aromatic rings. The third-order valence-electron chi connectivity index (χ3n) is 3.29. The van der Waals surface area contributed by atoms with Crippen LogP contribution >= 0.6 is 0 Å². The molecule has 0 aliphatic carbocycles. The van der Waals surface area contributed by atoms with Crippen LogP contribution in [-0.2, 0) is 9.57 Å². The van der Waals surface area contributed by atoms with Crippen molar-refractivity contribution < 1.29 is 14.4 Å². The first-order valence-electron chi connectivity index (χ1n) is 6.92. The van der Waals surface area contributed by atoms with Crippen LogP contribution in [0.2, 0.25) is 0 Å². The molecule has 2 fully saturated rings. The maximum Gasteiger partial charge on any atom is 0.347 e. The minimum absolute atomic E-state index is 0.0763. The Morgan fingerprint density at radius 3 is 2.50 bits per heavy atom. The number of likely N-dealkylation sites (tertiary alicyclic amines) is 1. The van der Waals surface area contributed by atoms with Crippen LogP contribution in [-0.4, -0.2) is 40.8 Å². The number of nitrogens with zero attached hydrogens (tertiary/aromatic N) is 2. The molecule has 1 unspecified atom stereocenters. The molecule has 20 heavy (non-hydrogen) atoms. The van der Waals surface area contributed by atoms with Gasteiger partial charge in [-0.1, -0.05) is 30.3 Å². The molecule has 0 radical (unpaired) electrons. The minimum Gasteiger partial charge on any atom is -0.369 e. The number of carbonyl (C=O) groups is 1. The van der Waals surface area contributed by atoms with Crippen molar-refractivity contribution in [2.75, 3.05) is 13.1 Å². The first-order chi connectivity index (χ1) is 9.44.